The van der Waals surface area contributed by atoms with Crippen molar-refractivity contribution in [3.8, 4) is 11.3 Å². The zero-order chi connectivity index (χ0) is 21.4. The van der Waals surface area contributed by atoms with E-state index in [0.29, 0.717) is 0 Å². The van der Waals surface area contributed by atoms with Gasteiger partial charge < -0.3 is 4.98 Å². The smallest absolute Gasteiger partial charge is 0.242 e. The van der Waals surface area contributed by atoms with E-state index in [2.05, 4.69) is 101 Å². The van der Waals surface area contributed by atoms with Crippen molar-refractivity contribution in [1.29, 1.82) is 0 Å². The summed E-state index contributed by atoms with van der Waals surface area (Å²) in [6, 6.07) is 22.5. The monoisotopic (exact) mass is 584 g/mol. The minimum absolute atomic E-state index is 0. The predicted octanol–water partition coefficient (Wildman–Crippen LogP) is 5.05. The Balaban J connectivity index is 0.00000272. The number of rotatable bonds is 4. The van der Waals surface area contributed by atoms with Gasteiger partial charge in [0.1, 0.15) is 0 Å². The number of hydrogen-bond acceptors (Lipinski definition) is 0. The molecule has 31 heavy (non-hydrogen) atoms. The Labute approximate surface area is 200 Å². The van der Waals surface area contributed by atoms with Crippen LogP contribution in [0, 0.1) is 41.5 Å². The number of aromatic nitrogens is 1. The second-order valence-corrected chi connectivity index (χ2v) is 8.76. The minimum atomic E-state index is 0. The molecule has 0 amide bonds. The third-order valence-electron chi connectivity index (χ3n) is 6.21. The van der Waals surface area contributed by atoms with E-state index < -0.39 is 0 Å². The van der Waals surface area contributed by atoms with Crippen LogP contribution in [-0.4, -0.2) is 11.7 Å². The molecule has 0 aliphatic carbocycles. The molecule has 4 aromatic rings. The van der Waals surface area contributed by atoms with Crippen LogP contribution in [0.3, 0.4) is 0 Å². The Morgan fingerprint density at radius 3 is 1.45 bits per heavy atom. The zero-order valence-corrected chi connectivity index (χ0v) is 21.7. The molecular weight excluding hydrogens is 553 g/mol. The van der Waals surface area contributed by atoms with Crippen LogP contribution in [0.2, 0.25) is 0 Å². The first-order chi connectivity index (χ1) is 14.3. The van der Waals surface area contributed by atoms with E-state index in [-0.39, 0.29) is 26.8 Å². The molecule has 1 radical (unpaired) electrons. The van der Waals surface area contributed by atoms with E-state index in [9.17, 15) is 0 Å². The molecule has 3 heteroatoms. The van der Waals surface area contributed by atoms with Crippen LogP contribution in [0.15, 0.2) is 66.9 Å². The van der Waals surface area contributed by atoms with Gasteiger partial charge in [-0.3, -0.25) is 0 Å². The molecule has 0 saturated heterocycles. The van der Waals surface area contributed by atoms with Crippen molar-refractivity contribution >= 4 is 23.1 Å². The van der Waals surface area contributed by atoms with Crippen molar-refractivity contribution in [2.45, 2.75) is 41.5 Å². The van der Waals surface area contributed by atoms with Crippen LogP contribution < -0.4 is 16.4 Å². The Bertz CT molecular complexity index is 1090. The summed E-state index contributed by atoms with van der Waals surface area (Å²) in [5.41, 5.74) is 14.7. The third-order valence-corrected chi connectivity index (χ3v) is 6.21. The fraction of sp³-hybridized carbons (Fsp3) is 0.214. The van der Waals surface area contributed by atoms with Gasteiger partial charge in [0.2, 0.25) is 6.71 Å². The second-order valence-electron chi connectivity index (χ2n) is 8.76. The molecule has 3 aromatic carbocycles. The van der Waals surface area contributed by atoms with Crippen molar-refractivity contribution in [3.05, 3.63) is 100 Å². The first kappa shape index (κ1) is 23.3. The molecule has 1 nitrogen and oxygen atoms in total. The molecular formula is C28H30BIrN. The minimum Gasteiger partial charge on any atom is -0.361 e. The van der Waals surface area contributed by atoms with Gasteiger partial charge in [-0.25, -0.2) is 0 Å². The first-order valence-corrected chi connectivity index (χ1v) is 10.7. The van der Waals surface area contributed by atoms with Crippen LogP contribution in [-0.2, 0) is 20.1 Å². The molecule has 1 aromatic heterocycles. The van der Waals surface area contributed by atoms with Crippen LogP contribution in [0.4, 0.5) is 0 Å². The molecule has 0 saturated carbocycles. The van der Waals surface area contributed by atoms with Crippen molar-refractivity contribution in [3.63, 3.8) is 0 Å². The molecule has 1 N–H and O–H groups in total. The van der Waals surface area contributed by atoms with E-state index in [0.717, 1.165) is 5.69 Å². The van der Waals surface area contributed by atoms with Gasteiger partial charge in [0.05, 0.1) is 0 Å². The van der Waals surface area contributed by atoms with Gasteiger partial charge in [-0.2, -0.15) is 0 Å². The topological polar surface area (TPSA) is 15.8 Å². The number of nitrogens with one attached hydrogen (secondary N) is 1. The number of aromatic amines is 1. The number of benzene rings is 3. The molecule has 0 spiro atoms. The summed E-state index contributed by atoms with van der Waals surface area (Å²) in [5.74, 6) is 0. The summed E-state index contributed by atoms with van der Waals surface area (Å²) in [5, 5.41) is 0. The fourth-order valence-electron chi connectivity index (χ4n) is 5.14. The van der Waals surface area contributed by atoms with Crippen molar-refractivity contribution in [2.75, 3.05) is 0 Å². The van der Waals surface area contributed by atoms with Crippen LogP contribution in [0.5, 0.6) is 0 Å². The standard InChI is InChI=1S/C28H30BN.Ir/c1-18-14-20(3)27(21(4)15-18)29(28-22(5)16-19(2)17-23(28)6)25-11-9-24(10-12-25)26-8-7-13-30-26;/h7-17,30H,1-6H3;. The van der Waals surface area contributed by atoms with Gasteiger partial charge in [-0.15, -0.1) is 0 Å². The maximum absolute atomic E-state index is 3.31. The number of hydrogen-bond donors (Lipinski definition) is 1. The summed E-state index contributed by atoms with van der Waals surface area (Å²) in [4.78, 5) is 3.31. The first-order valence-electron chi connectivity index (χ1n) is 10.7. The quantitative estimate of drug-likeness (QED) is 0.324. The zero-order valence-electron chi connectivity index (χ0n) is 19.3. The predicted molar refractivity (Wildman–Crippen MR) is 132 cm³/mol. The normalized spacial score (nSPS) is 10.6. The molecule has 4 rings (SSSR count). The molecule has 0 fully saturated rings. The molecule has 0 bridgehead atoms. The number of aryl methyl sites for hydroxylation is 6. The maximum Gasteiger partial charge on any atom is 0.242 e. The van der Waals surface area contributed by atoms with Gasteiger partial charge in [0.15, 0.2) is 0 Å². The fourth-order valence-corrected chi connectivity index (χ4v) is 5.14. The summed E-state index contributed by atoms with van der Waals surface area (Å²) in [6.45, 7) is 13.6. The van der Waals surface area contributed by atoms with E-state index in [1.54, 1.807) is 0 Å². The van der Waals surface area contributed by atoms with Crippen LogP contribution >= 0.6 is 0 Å². The van der Waals surface area contributed by atoms with Crippen molar-refractivity contribution in [1.82, 2.24) is 4.98 Å². The van der Waals surface area contributed by atoms with E-state index in [1.807, 2.05) is 12.3 Å². The average molecular weight is 584 g/mol. The van der Waals surface area contributed by atoms with Gasteiger partial charge in [-0.05, 0) is 59.2 Å². The van der Waals surface area contributed by atoms with Gasteiger partial charge in [0, 0.05) is 32.0 Å². The van der Waals surface area contributed by atoms with E-state index >= 15 is 0 Å². The number of H-pyrrole nitrogens is 1. The summed E-state index contributed by atoms with van der Waals surface area (Å²) in [7, 11) is 0. The molecule has 0 aliphatic rings. The van der Waals surface area contributed by atoms with Gasteiger partial charge in [0.25, 0.3) is 0 Å². The second kappa shape index (κ2) is 9.43. The molecule has 0 unspecified atom stereocenters. The Hall–Kier alpha value is -2.35. The van der Waals surface area contributed by atoms with E-state index in [1.165, 1.54) is 55.3 Å². The summed E-state index contributed by atoms with van der Waals surface area (Å²) in [6.07, 6.45) is 1.98. The van der Waals surface area contributed by atoms with Crippen LogP contribution in [0.25, 0.3) is 11.3 Å². The largest absolute Gasteiger partial charge is 0.361 e. The Morgan fingerprint density at radius 2 is 1.06 bits per heavy atom. The third kappa shape index (κ3) is 4.64. The SMILES string of the molecule is Cc1cc(C)c(B(c2ccc(-c3ccc[nH]3)cc2)c2c(C)cc(C)cc2C)c(C)c1.[Ir]. The average Bonchev–Trinajstić information content (AvgIpc) is 3.20. The molecule has 0 aliphatic heterocycles. The summed E-state index contributed by atoms with van der Waals surface area (Å²) >= 11 is 0. The Morgan fingerprint density at radius 1 is 0.613 bits per heavy atom. The Kier molecular flexibility index (Phi) is 7.09. The molecule has 1 heterocycles. The van der Waals surface area contributed by atoms with Gasteiger partial charge in [-0.1, -0.05) is 98.3 Å². The van der Waals surface area contributed by atoms with Crippen molar-refractivity contribution in [2.24, 2.45) is 0 Å². The summed E-state index contributed by atoms with van der Waals surface area (Å²) < 4.78 is 0. The molecule has 0 atom stereocenters. The van der Waals surface area contributed by atoms with Gasteiger partial charge >= 0.3 is 0 Å². The molecule has 159 valence electrons. The maximum atomic E-state index is 3.31. The van der Waals surface area contributed by atoms with Crippen molar-refractivity contribution < 1.29 is 20.1 Å². The van der Waals surface area contributed by atoms with Crippen LogP contribution in [0.1, 0.15) is 33.4 Å². The van der Waals surface area contributed by atoms with E-state index in [4.69, 9.17) is 0 Å².